The third kappa shape index (κ3) is 5.27. The number of anilines is 1. The Bertz CT molecular complexity index is 925. The van der Waals surface area contributed by atoms with Gasteiger partial charge in [0, 0.05) is 33.2 Å². The summed E-state index contributed by atoms with van der Waals surface area (Å²) in [5.74, 6) is -0.548. The highest BCUT2D eigenvalue weighted by atomic mass is 16.7. The second-order valence-corrected chi connectivity index (χ2v) is 8.68. The number of carboxylic acids is 1. The number of ether oxygens (including phenoxy) is 2. The lowest BCUT2D eigenvalue weighted by Gasteiger charge is -2.34. The fourth-order valence-corrected chi connectivity index (χ4v) is 4.62. The van der Waals surface area contributed by atoms with Gasteiger partial charge in [-0.05, 0) is 56.6 Å². The normalized spacial score (nSPS) is 21.6. The lowest BCUT2D eigenvalue weighted by molar-refractivity contribution is -0.169. The highest BCUT2D eigenvalue weighted by molar-refractivity contribution is 5.67. The third-order valence-corrected chi connectivity index (χ3v) is 6.34. The molecule has 9 nitrogen and oxygen atoms in total. The Balaban J connectivity index is 1.52. The number of hydrogen-bond acceptors (Lipinski definition) is 7. The highest BCUT2D eigenvalue weighted by Crippen LogP contribution is 2.30. The zero-order valence-electron chi connectivity index (χ0n) is 19.0. The van der Waals surface area contributed by atoms with E-state index < -0.39 is 5.97 Å². The van der Waals surface area contributed by atoms with Crippen molar-refractivity contribution in [1.29, 1.82) is 0 Å². The molecule has 2 fully saturated rings. The molecule has 0 amide bonds. The zero-order valence-corrected chi connectivity index (χ0v) is 19.0. The number of aromatic nitrogens is 4. The maximum absolute atomic E-state index is 11.2. The summed E-state index contributed by atoms with van der Waals surface area (Å²) in [6.07, 6.45) is 5.90. The molecule has 2 atom stereocenters. The molecule has 2 saturated heterocycles. The van der Waals surface area contributed by atoms with Gasteiger partial charge in [0.25, 0.3) is 0 Å². The fourth-order valence-electron chi connectivity index (χ4n) is 4.62. The van der Waals surface area contributed by atoms with Gasteiger partial charge in [0.2, 0.25) is 0 Å². The predicted molar refractivity (Wildman–Crippen MR) is 119 cm³/mol. The van der Waals surface area contributed by atoms with Crippen molar-refractivity contribution in [3.8, 4) is 11.4 Å². The second-order valence-electron chi connectivity index (χ2n) is 8.68. The van der Waals surface area contributed by atoms with Crippen LogP contribution >= 0.6 is 0 Å². The second kappa shape index (κ2) is 10.4. The third-order valence-electron chi connectivity index (χ3n) is 6.34. The van der Waals surface area contributed by atoms with E-state index in [9.17, 15) is 9.90 Å². The van der Waals surface area contributed by atoms with Crippen LogP contribution in [0.2, 0.25) is 0 Å². The predicted octanol–water partition coefficient (Wildman–Crippen LogP) is 3.17. The molecule has 1 N–H and O–H groups in total. The number of aliphatic carboxylic acids is 1. The van der Waals surface area contributed by atoms with Crippen LogP contribution in [-0.4, -0.2) is 57.0 Å². The van der Waals surface area contributed by atoms with Gasteiger partial charge in [0.05, 0.1) is 29.4 Å². The monoisotopic (exact) mass is 443 g/mol. The summed E-state index contributed by atoms with van der Waals surface area (Å²) in [5.41, 5.74) is 4.46. The summed E-state index contributed by atoms with van der Waals surface area (Å²) >= 11 is 0. The van der Waals surface area contributed by atoms with Crippen LogP contribution in [0.1, 0.15) is 56.8 Å². The molecule has 0 spiro atoms. The maximum Gasteiger partial charge on any atom is 0.303 e. The first-order valence-corrected chi connectivity index (χ1v) is 11.6. The highest BCUT2D eigenvalue weighted by Gasteiger charge is 2.25. The largest absolute Gasteiger partial charge is 0.481 e. The van der Waals surface area contributed by atoms with E-state index in [2.05, 4.69) is 28.2 Å². The van der Waals surface area contributed by atoms with E-state index in [-0.39, 0.29) is 18.6 Å². The number of rotatable bonds is 8. The molecule has 2 aliphatic rings. The average molecular weight is 444 g/mol. The topological polar surface area (TPSA) is 103 Å². The van der Waals surface area contributed by atoms with Gasteiger partial charge in [-0.15, -0.1) is 5.10 Å². The number of carbonyl (C=O) groups is 1. The zero-order chi connectivity index (χ0) is 22.5. The van der Waals surface area contributed by atoms with Gasteiger partial charge in [-0.3, -0.25) is 4.79 Å². The molecule has 0 saturated carbocycles. The molecule has 0 bridgehead atoms. The minimum atomic E-state index is -0.725. The minimum Gasteiger partial charge on any atom is -0.481 e. The molecule has 2 aromatic rings. The van der Waals surface area contributed by atoms with Crippen LogP contribution in [0.5, 0.6) is 0 Å². The van der Waals surface area contributed by atoms with E-state index in [1.54, 1.807) is 4.68 Å². The number of piperidine rings is 1. The quantitative estimate of drug-likeness (QED) is 0.664. The number of pyridine rings is 1. The SMILES string of the molecule is CCc1nc(-c2nnn(C)c2COC2CCCCO2)ccc1N1CCC[C@H](CC(=O)O)C1. The van der Waals surface area contributed by atoms with Crippen LogP contribution in [0.25, 0.3) is 11.4 Å². The van der Waals surface area contributed by atoms with Crippen molar-refractivity contribution in [2.75, 3.05) is 24.6 Å². The maximum atomic E-state index is 11.2. The molecule has 0 radical (unpaired) electrons. The summed E-state index contributed by atoms with van der Waals surface area (Å²) in [4.78, 5) is 18.4. The van der Waals surface area contributed by atoms with E-state index in [1.807, 2.05) is 13.1 Å². The van der Waals surface area contributed by atoms with Crippen molar-refractivity contribution in [1.82, 2.24) is 20.0 Å². The van der Waals surface area contributed by atoms with Gasteiger partial charge in [-0.1, -0.05) is 12.1 Å². The van der Waals surface area contributed by atoms with Gasteiger partial charge in [-0.2, -0.15) is 0 Å². The summed E-state index contributed by atoms with van der Waals surface area (Å²) < 4.78 is 13.4. The fraction of sp³-hybridized carbons (Fsp3) is 0.652. The minimum absolute atomic E-state index is 0.175. The Morgan fingerprint density at radius 3 is 2.91 bits per heavy atom. The molecule has 0 aliphatic carbocycles. The molecule has 174 valence electrons. The molecule has 32 heavy (non-hydrogen) atoms. The smallest absolute Gasteiger partial charge is 0.303 e. The Labute approximate surface area is 188 Å². The van der Waals surface area contributed by atoms with Crippen molar-refractivity contribution in [2.24, 2.45) is 13.0 Å². The van der Waals surface area contributed by atoms with Crippen molar-refractivity contribution >= 4 is 11.7 Å². The first-order valence-electron chi connectivity index (χ1n) is 11.6. The average Bonchev–Trinajstić information content (AvgIpc) is 3.18. The Morgan fingerprint density at radius 1 is 1.28 bits per heavy atom. The summed E-state index contributed by atoms with van der Waals surface area (Å²) in [5, 5.41) is 17.7. The number of hydrogen-bond donors (Lipinski definition) is 1. The molecule has 4 rings (SSSR count). The Morgan fingerprint density at radius 2 is 2.16 bits per heavy atom. The molecule has 4 heterocycles. The molecule has 2 aromatic heterocycles. The van der Waals surface area contributed by atoms with Gasteiger partial charge in [-0.25, -0.2) is 9.67 Å². The van der Waals surface area contributed by atoms with Gasteiger partial charge >= 0.3 is 5.97 Å². The van der Waals surface area contributed by atoms with Crippen molar-refractivity contribution < 1.29 is 19.4 Å². The standard InChI is InChI=1S/C23H33N5O4/c1-3-17-19(28-11-6-7-16(14-28)13-21(29)30)10-9-18(24-17)23-20(27(2)26-25-23)15-32-22-8-4-5-12-31-22/h9-10,16,22H,3-8,11-15H2,1-2H3,(H,29,30)/t16-,22?/m1/s1. The van der Waals surface area contributed by atoms with E-state index in [4.69, 9.17) is 14.5 Å². The van der Waals surface area contributed by atoms with Crippen LogP contribution in [0.3, 0.4) is 0 Å². The van der Waals surface area contributed by atoms with E-state index in [0.717, 1.165) is 86.7 Å². The van der Waals surface area contributed by atoms with Crippen molar-refractivity contribution in [3.63, 3.8) is 0 Å². The molecular weight excluding hydrogens is 410 g/mol. The summed E-state index contributed by atoms with van der Waals surface area (Å²) in [6, 6.07) is 4.08. The van der Waals surface area contributed by atoms with Crippen molar-refractivity contribution in [2.45, 2.75) is 64.8 Å². The summed E-state index contributed by atoms with van der Waals surface area (Å²) in [7, 11) is 1.86. The Hall–Kier alpha value is -2.52. The van der Waals surface area contributed by atoms with E-state index >= 15 is 0 Å². The first-order chi connectivity index (χ1) is 15.5. The van der Waals surface area contributed by atoms with Crippen LogP contribution in [-0.2, 0) is 34.3 Å². The molecule has 2 aliphatic heterocycles. The number of nitrogens with zero attached hydrogens (tertiary/aromatic N) is 5. The Kier molecular flexibility index (Phi) is 7.36. The van der Waals surface area contributed by atoms with Gasteiger partial charge in [0.1, 0.15) is 5.69 Å². The lowest BCUT2D eigenvalue weighted by atomic mass is 9.94. The van der Waals surface area contributed by atoms with Crippen molar-refractivity contribution in [3.05, 3.63) is 23.5 Å². The molecule has 1 unspecified atom stereocenters. The molecule has 0 aromatic carbocycles. The van der Waals surface area contributed by atoms with Crippen LogP contribution in [0.4, 0.5) is 5.69 Å². The van der Waals surface area contributed by atoms with E-state index in [0.29, 0.717) is 6.61 Å². The van der Waals surface area contributed by atoms with Gasteiger partial charge < -0.3 is 19.5 Å². The molecule has 9 heteroatoms. The number of carboxylic acid groups (broad SMARTS) is 1. The van der Waals surface area contributed by atoms with Crippen LogP contribution in [0.15, 0.2) is 12.1 Å². The van der Waals surface area contributed by atoms with Crippen LogP contribution in [0, 0.1) is 5.92 Å². The van der Waals surface area contributed by atoms with Gasteiger partial charge in [0.15, 0.2) is 6.29 Å². The van der Waals surface area contributed by atoms with E-state index in [1.165, 1.54) is 0 Å². The first kappa shape index (κ1) is 22.7. The lowest BCUT2D eigenvalue weighted by Crippen LogP contribution is -2.37. The number of aryl methyl sites for hydroxylation is 2. The van der Waals surface area contributed by atoms with Crippen LogP contribution < -0.4 is 4.90 Å². The molecular formula is C23H33N5O4. The summed E-state index contributed by atoms with van der Waals surface area (Å²) in [6.45, 7) is 4.89.